The molecule has 0 unspecified atom stereocenters. The van der Waals surface area contributed by atoms with Crippen molar-refractivity contribution < 1.29 is 44.9 Å². The monoisotopic (exact) mass is 552 g/mol. The molecule has 39 heavy (non-hydrogen) atoms. The number of aromatic hydroxyl groups is 3. The molecule has 0 saturated heterocycles. The van der Waals surface area contributed by atoms with Gasteiger partial charge in [0.1, 0.15) is 0 Å². The van der Waals surface area contributed by atoms with Crippen molar-refractivity contribution in [2.24, 2.45) is 0 Å². The van der Waals surface area contributed by atoms with E-state index in [0.29, 0.717) is 12.1 Å². The molecule has 0 bridgehead atoms. The summed E-state index contributed by atoms with van der Waals surface area (Å²) in [6.07, 6.45) is 0. The summed E-state index contributed by atoms with van der Waals surface area (Å²) >= 11 is 0. The largest absolute Gasteiger partial charge is 0.502 e. The van der Waals surface area contributed by atoms with Crippen LogP contribution in [0.5, 0.6) is 17.2 Å². The van der Waals surface area contributed by atoms with E-state index < -0.39 is 69.5 Å². The van der Waals surface area contributed by atoms with Crippen LogP contribution < -0.4 is 0 Å². The van der Waals surface area contributed by atoms with E-state index in [-0.39, 0.29) is 11.4 Å². The molecule has 3 aromatic carbocycles. The molecular weight excluding hydrogens is 540 g/mol. The highest BCUT2D eigenvalue weighted by Crippen LogP contribution is 2.42. The highest BCUT2D eigenvalue weighted by atomic mass is 16.7. The number of benzene rings is 3. The van der Waals surface area contributed by atoms with Crippen molar-refractivity contribution in [3.05, 3.63) is 115 Å². The third kappa shape index (κ3) is 7.72. The third-order valence-electron chi connectivity index (χ3n) is 4.12. The van der Waals surface area contributed by atoms with Gasteiger partial charge in [0.25, 0.3) is 0 Å². The molecule has 0 fully saturated rings. The van der Waals surface area contributed by atoms with Crippen LogP contribution >= 0.6 is 0 Å². The zero-order valence-corrected chi connectivity index (χ0v) is 18.6. The summed E-state index contributed by atoms with van der Waals surface area (Å²) in [5.74, 6) is -2.01. The summed E-state index contributed by atoms with van der Waals surface area (Å²) in [6.45, 7) is 0. The third-order valence-corrected chi connectivity index (χ3v) is 4.12. The van der Waals surface area contributed by atoms with E-state index in [9.17, 15) is 60.7 Å². The van der Waals surface area contributed by atoms with Gasteiger partial charge in [0.2, 0.25) is 11.5 Å². The number of hydrogen-bond acceptors (Lipinski definition) is 15. The Hall–Kier alpha value is -6.54. The molecule has 3 aromatic rings. The molecule has 0 amide bonds. The normalized spacial score (nSPS) is 9.54. The molecule has 0 spiro atoms. The second-order valence-electron chi connectivity index (χ2n) is 6.48. The fraction of sp³-hybridized carbons (Fsp3) is 0. The Kier molecular flexibility index (Phi) is 10.1. The molecule has 0 aliphatic rings. The van der Waals surface area contributed by atoms with E-state index >= 15 is 0 Å². The Labute approximate surface area is 212 Å². The predicted molar refractivity (Wildman–Crippen MR) is 124 cm³/mol. The molecule has 3 rings (SSSR count). The van der Waals surface area contributed by atoms with Crippen molar-refractivity contribution in [1.82, 2.24) is 0 Å². The van der Waals surface area contributed by atoms with Gasteiger partial charge in [-0.2, -0.15) is 0 Å². The van der Waals surface area contributed by atoms with Gasteiger partial charge in [-0.15, -0.1) is 0 Å². The quantitative estimate of drug-likeness (QED) is 0.290. The molecule has 0 saturated carbocycles. The molecule has 3 N–H and O–H groups in total. The number of para-hydroxylation sites is 3. The van der Waals surface area contributed by atoms with Gasteiger partial charge in [0.05, 0.1) is 29.5 Å². The van der Waals surface area contributed by atoms with Gasteiger partial charge in [-0.25, -0.2) is 0 Å². The number of hydrogen-bond donors (Lipinski definition) is 3. The summed E-state index contributed by atoms with van der Waals surface area (Å²) in [6, 6.07) is 9.97. The minimum absolute atomic E-state index is 0.262. The standard InChI is InChI=1S/C6H3N3O7.C6H4N2O5.C6H5NO3/c10-4-2-1-3(7(11)12)5(8(13)14)6(4)9(15)16;9-5-3-1-2-4(7(10)11)6(5)8(12)13;8-6-4-2-1-3-5(6)7(9)10/h1-2,10H;1-3,9H;1-4,8H. The average Bonchev–Trinajstić information content (AvgIpc) is 2.83. The van der Waals surface area contributed by atoms with Crippen LogP contribution in [0, 0.1) is 60.7 Å². The number of rotatable bonds is 6. The van der Waals surface area contributed by atoms with Gasteiger partial charge in [0.15, 0.2) is 5.75 Å². The zero-order chi connectivity index (χ0) is 30.0. The Bertz CT molecular complexity index is 1480. The first kappa shape index (κ1) is 30.5. The molecule has 0 aromatic heterocycles. The van der Waals surface area contributed by atoms with E-state index in [1.807, 2.05) is 0 Å². The average molecular weight is 552 g/mol. The second-order valence-corrected chi connectivity index (χ2v) is 6.48. The summed E-state index contributed by atoms with van der Waals surface area (Å²) in [5.41, 5.74) is -5.54. The highest BCUT2D eigenvalue weighted by Gasteiger charge is 2.38. The van der Waals surface area contributed by atoms with Gasteiger partial charge in [-0.05, 0) is 18.2 Å². The van der Waals surface area contributed by atoms with E-state index in [1.54, 1.807) is 0 Å². The highest BCUT2D eigenvalue weighted by molar-refractivity contribution is 5.71. The van der Waals surface area contributed by atoms with Crippen molar-refractivity contribution in [3.63, 3.8) is 0 Å². The van der Waals surface area contributed by atoms with Gasteiger partial charge >= 0.3 is 34.1 Å². The minimum Gasteiger partial charge on any atom is -0.502 e. The Morgan fingerprint density at radius 3 is 1.15 bits per heavy atom. The Balaban J connectivity index is 0.000000300. The van der Waals surface area contributed by atoms with Crippen molar-refractivity contribution in [2.75, 3.05) is 0 Å². The molecule has 0 aliphatic heterocycles. The number of nitrogens with zero attached hydrogens (tertiary/aromatic N) is 6. The van der Waals surface area contributed by atoms with E-state index in [2.05, 4.69) is 0 Å². The lowest BCUT2D eigenvalue weighted by Gasteiger charge is -1.98. The first-order valence-corrected chi connectivity index (χ1v) is 9.44. The van der Waals surface area contributed by atoms with Gasteiger partial charge in [-0.1, -0.05) is 18.2 Å². The predicted octanol–water partition coefficient (Wildman–Crippen LogP) is 3.63. The summed E-state index contributed by atoms with van der Waals surface area (Å²) in [7, 11) is 0. The molecule has 0 aliphatic carbocycles. The van der Waals surface area contributed by atoms with Crippen molar-refractivity contribution in [2.45, 2.75) is 0 Å². The summed E-state index contributed by atoms with van der Waals surface area (Å²) in [4.78, 5) is 55.8. The van der Waals surface area contributed by atoms with Crippen LogP contribution in [0.4, 0.5) is 34.1 Å². The fourth-order valence-electron chi connectivity index (χ4n) is 2.54. The van der Waals surface area contributed by atoms with E-state index in [4.69, 9.17) is 15.3 Å². The Morgan fingerprint density at radius 1 is 0.385 bits per heavy atom. The molecular formula is C18H12N6O15. The van der Waals surface area contributed by atoms with E-state index in [0.717, 1.165) is 12.1 Å². The number of nitro groups is 6. The first-order chi connectivity index (χ1) is 18.1. The van der Waals surface area contributed by atoms with Crippen LogP contribution in [-0.4, -0.2) is 44.9 Å². The molecule has 0 heterocycles. The van der Waals surface area contributed by atoms with Gasteiger partial charge in [-0.3, -0.25) is 60.7 Å². The SMILES string of the molecule is O=[N+]([O-])c1ccc(O)c([N+](=O)[O-])c1[N+](=O)[O-].O=[N+]([O-])c1cccc(O)c1[N+](=O)[O-].O=[N+]([O-])c1ccccc1O. The number of nitro benzene ring substituents is 6. The van der Waals surface area contributed by atoms with Crippen molar-refractivity contribution >= 4 is 34.1 Å². The van der Waals surface area contributed by atoms with Crippen LogP contribution in [0.25, 0.3) is 0 Å². The first-order valence-electron chi connectivity index (χ1n) is 9.44. The molecule has 204 valence electrons. The number of phenolic OH excluding ortho intramolecular Hbond substituents is 3. The maximum absolute atomic E-state index is 10.5. The van der Waals surface area contributed by atoms with Crippen LogP contribution in [0.15, 0.2) is 54.6 Å². The fourth-order valence-corrected chi connectivity index (χ4v) is 2.54. The second kappa shape index (κ2) is 13.0. The van der Waals surface area contributed by atoms with Crippen LogP contribution in [0.1, 0.15) is 0 Å². The summed E-state index contributed by atoms with van der Waals surface area (Å²) in [5, 5.41) is 88.8. The van der Waals surface area contributed by atoms with Gasteiger partial charge in [0, 0.05) is 18.2 Å². The van der Waals surface area contributed by atoms with Crippen LogP contribution in [0.2, 0.25) is 0 Å². The number of phenols is 3. The topological polar surface area (TPSA) is 320 Å². The minimum atomic E-state index is -1.34. The zero-order valence-electron chi connectivity index (χ0n) is 18.6. The van der Waals surface area contributed by atoms with Crippen LogP contribution in [0.3, 0.4) is 0 Å². The molecule has 0 atom stereocenters. The lowest BCUT2D eigenvalue weighted by atomic mass is 10.2. The molecule has 21 heteroatoms. The van der Waals surface area contributed by atoms with E-state index in [1.165, 1.54) is 30.3 Å². The summed E-state index contributed by atoms with van der Waals surface area (Å²) < 4.78 is 0. The lowest BCUT2D eigenvalue weighted by molar-refractivity contribution is -0.441. The van der Waals surface area contributed by atoms with Crippen molar-refractivity contribution in [1.29, 1.82) is 0 Å². The van der Waals surface area contributed by atoms with Gasteiger partial charge < -0.3 is 15.3 Å². The maximum atomic E-state index is 10.5. The Morgan fingerprint density at radius 2 is 0.769 bits per heavy atom. The van der Waals surface area contributed by atoms with Crippen molar-refractivity contribution in [3.8, 4) is 17.2 Å². The maximum Gasteiger partial charge on any atom is 0.426 e. The van der Waals surface area contributed by atoms with Crippen LogP contribution in [-0.2, 0) is 0 Å². The lowest BCUT2D eigenvalue weighted by Crippen LogP contribution is -2.01. The molecule has 21 nitrogen and oxygen atoms in total. The molecule has 0 radical (unpaired) electrons. The smallest absolute Gasteiger partial charge is 0.426 e.